The fourth-order valence-electron chi connectivity index (χ4n) is 3.32. The molecule has 0 atom stereocenters. The number of unbranched alkanes of at least 4 members (excludes halogenated alkanes) is 1. The minimum absolute atomic E-state index is 0.0475. The van der Waals surface area contributed by atoms with Gasteiger partial charge in [0, 0.05) is 6.61 Å². The smallest absolute Gasteiger partial charge is 0.261 e. The van der Waals surface area contributed by atoms with E-state index in [4.69, 9.17) is 12.3 Å². The van der Waals surface area contributed by atoms with Crippen molar-refractivity contribution in [1.29, 1.82) is 0 Å². The van der Waals surface area contributed by atoms with Crippen molar-refractivity contribution in [2.24, 2.45) is 0 Å². The van der Waals surface area contributed by atoms with E-state index in [1.165, 1.54) is 16.4 Å². The molecule has 1 N–H and O–H groups in total. The lowest BCUT2D eigenvalue weighted by atomic mass is 10.2. The summed E-state index contributed by atoms with van der Waals surface area (Å²) in [4.78, 5) is 0. The molecule has 2 nitrogen and oxygen atoms in total. The zero-order chi connectivity index (χ0) is 20.0. The number of hydrogen-bond acceptors (Lipinski definition) is 2. The topological polar surface area (TPSA) is 29.5 Å². The number of allylic oxidation sites excluding steroid dienone is 1. The van der Waals surface area contributed by atoms with Gasteiger partial charge in [0.2, 0.25) is 0 Å². The molecule has 0 heterocycles. The molecule has 0 radical (unpaired) electrons. The first-order valence-corrected chi connectivity index (χ1v) is 10.7. The maximum absolute atomic E-state index is 9.13. The zero-order valence-electron chi connectivity index (χ0n) is 17.4. The van der Waals surface area contributed by atoms with Crippen LogP contribution in [0.1, 0.15) is 36.4 Å². The van der Waals surface area contributed by atoms with Crippen molar-refractivity contribution < 1.29 is 12.3 Å². The van der Waals surface area contributed by atoms with Gasteiger partial charge in [0.05, 0.1) is 9.30 Å². The Balaban J connectivity index is 2.29. The predicted octanol–water partition coefficient (Wildman–Crippen LogP) is 3.89. The molecular weight excluding hydrogens is 324 g/mol. The molecule has 0 bridgehead atoms. The van der Waals surface area contributed by atoms with Crippen molar-refractivity contribution in [3.05, 3.63) is 72.8 Å². The van der Waals surface area contributed by atoms with Gasteiger partial charge >= 0.3 is 0 Å². The molecule has 0 aliphatic heterocycles. The van der Waals surface area contributed by atoms with Crippen LogP contribution in [-0.2, 0) is 4.43 Å². The van der Waals surface area contributed by atoms with E-state index in [-0.39, 0.29) is 5.04 Å². The van der Waals surface area contributed by atoms with Crippen LogP contribution in [0.5, 0.6) is 0 Å². The summed E-state index contributed by atoms with van der Waals surface area (Å²) < 4.78 is 21.0. The first-order valence-electron chi connectivity index (χ1n) is 9.82. The maximum Gasteiger partial charge on any atom is 0.261 e. The van der Waals surface area contributed by atoms with Crippen molar-refractivity contribution in [3.63, 3.8) is 0 Å². The standard InChI is InChI=1S/C22H30O2Si/c1-22(2,3)25(20-14-8-6-9-15-20,21-16-10-7-11-17-21)24-19-13-5-4-12-18-23/h4,6-12,14-17,23H,5,13,18-19H2,1-3H3/b12-4+/i18D2. The summed E-state index contributed by atoms with van der Waals surface area (Å²) in [5, 5.41) is 11.6. The molecule has 0 unspecified atom stereocenters. The lowest BCUT2D eigenvalue weighted by Crippen LogP contribution is -2.66. The Morgan fingerprint density at radius 2 is 1.48 bits per heavy atom. The molecule has 2 rings (SSSR count). The molecule has 0 amide bonds. The van der Waals surface area contributed by atoms with Crippen LogP contribution in [0.25, 0.3) is 0 Å². The monoisotopic (exact) mass is 356 g/mol. The summed E-state index contributed by atoms with van der Waals surface area (Å²) in [6, 6.07) is 21.0. The summed E-state index contributed by atoms with van der Waals surface area (Å²) in [7, 11) is -2.49. The van der Waals surface area contributed by atoms with Crippen molar-refractivity contribution in [1.82, 2.24) is 0 Å². The van der Waals surface area contributed by atoms with Crippen LogP contribution in [0.3, 0.4) is 0 Å². The Hall–Kier alpha value is -1.68. The maximum atomic E-state index is 9.13. The lowest BCUT2D eigenvalue weighted by molar-refractivity contribution is 0.292. The Morgan fingerprint density at radius 3 is 1.92 bits per heavy atom. The van der Waals surface area contributed by atoms with E-state index < -0.39 is 14.9 Å². The van der Waals surface area contributed by atoms with E-state index in [9.17, 15) is 0 Å². The molecule has 3 heteroatoms. The normalized spacial score (nSPS) is 14.4. The van der Waals surface area contributed by atoms with Crippen LogP contribution in [0.4, 0.5) is 0 Å². The van der Waals surface area contributed by atoms with Gasteiger partial charge in [0.15, 0.2) is 0 Å². The summed E-state index contributed by atoms with van der Waals surface area (Å²) in [6.45, 7) is 5.09. The Bertz CT molecular complexity index is 680. The SMILES string of the molecule is [2H]C([2H])(O)/C=C/CCCO[Si](c1ccccc1)(c1ccccc1)C(C)(C)C. The Labute approximate surface area is 156 Å². The molecule has 0 fully saturated rings. The van der Waals surface area contributed by atoms with Crippen LogP contribution >= 0.6 is 0 Å². The van der Waals surface area contributed by atoms with Crippen LogP contribution < -0.4 is 10.4 Å². The second-order valence-corrected chi connectivity index (χ2v) is 11.5. The molecule has 0 saturated carbocycles. The molecule has 0 saturated heterocycles. The Kier molecular flexibility index (Phi) is 6.13. The van der Waals surface area contributed by atoms with Gasteiger partial charge in [-0.05, 0) is 28.3 Å². The van der Waals surface area contributed by atoms with E-state index >= 15 is 0 Å². The summed E-state index contributed by atoms with van der Waals surface area (Å²) >= 11 is 0. The van der Waals surface area contributed by atoms with Gasteiger partial charge in [-0.3, -0.25) is 0 Å². The van der Waals surface area contributed by atoms with E-state index in [0.717, 1.165) is 6.42 Å². The average Bonchev–Trinajstić information content (AvgIpc) is 2.61. The fourth-order valence-corrected chi connectivity index (χ4v) is 7.93. The second kappa shape index (κ2) is 9.14. The van der Waals surface area contributed by atoms with Gasteiger partial charge in [-0.25, -0.2) is 0 Å². The first kappa shape index (κ1) is 16.8. The second-order valence-electron chi connectivity index (χ2n) is 7.19. The first-order chi connectivity index (χ1) is 12.7. The predicted molar refractivity (Wildman–Crippen MR) is 109 cm³/mol. The van der Waals surface area contributed by atoms with Crippen molar-refractivity contribution in [3.8, 4) is 0 Å². The molecule has 0 aliphatic rings. The van der Waals surface area contributed by atoms with Gasteiger partial charge in [-0.1, -0.05) is 93.6 Å². The highest BCUT2D eigenvalue weighted by Crippen LogP contribution is 2.36. The van der Waals surface area contributed by atoms with E-state index in [0.29, 0.717) is 13.0 Å². The number of benzene rings is 2. The zero-order valence-corrected chi connectivity index (χ0v) is 16.4. The summed E-state index contributed by atoms with van der Waals surface area (Å²) in [5.74, 6) is 0. The third-order valence-electron chi connectivity index (χ3n) is 4.44. The van der Waals surface area contributed by atoms with Gasteiger partial charge in [-0.2, -0.15) is 0 Å². The van der Waals surface area contributed by atoms with Gasteiger partial charge in [0.25, 0.3) is 8.32 Å². The molecule has 25 heavy (non-hydrogen) atoms. The van der Waals surface area contributed by atoms with Crippen LogP contribution in [-0.4, -0.2) is 26.6 Å². The van der Waals surface area contributed by atoms with E-state index in [2.05, 4.69) is 69.3 Å². The molecule has 2 aromatic rings. The third kappa shape index (κ3) is 4.69. The minimum Gasteiger partial charge on any atom is -0.407 e. The number of aliphatic hydroxyl groups is 1. The Morgan fingerprint density at radius 1 is 0.960 bits per heavy atom. The lowest BCUT2D eigenvalue weighted by Gasteiger charge is -2.43. The molecule has 0 aliphatic carbocycles. The summed E-state index contributed by atoms with van der Waals surface area (Å²) in [6.07, 6.45) is 4.31. The van der Waals surface area contributed by atoms with Crippen LogP contribution in [0.2, 0.25) is 5.04 Å². The molecule has 0 aromatic heterocycles. The largest absolute Gasteiger partial charge is 0.407 e. The molecule has 0 spiro atoms. The number of hydrogen-bond donors (Lipinski definition) is 1. The molecule has 2 aromatic carbocycles. The van der Waals surface area contributed by atoms with Gasteiger partial charge < -0.3 is 9.53 Å². The van der Waals surface area contributed by atoms with Crippen molar-refractivity contribution >= 4 is 18.7 Å². The highest BCUT2D eigenvalue weighted by molar-refractivity contribution is 6.99. The third-order valence-corrected chi connectivity index (χ3v) is 9.49. The summed E-state index contributed by atoms with van der Waals surface area (Å²) in [5.41, 5.74) is 0. The quantitative estimate of drug-likeness (QED) is 0.442. The van der Waals surface area contributed by atoms with Gasteiger partial charge in [0.1, 0.15) is 0 Å². The van der Waals surface area contributed by atoms with E-state index in [1.807, 2.05) is 12.1 Å². The average molecular weight is 357 g/mol. The van der Waals surface area contributed by atoms with Crippen molar-refractivity contribution in [2.75, 3.05) is 13.2 Å². The number of rotatable bonds is 8. The van der Waals surface area contributed by atoms with Gasteiger partial charge in [-0.15, -0.1) is 0 Å². The van der Waals surface area contributed by atoms with Crippen LogP contribution in [0, 0.1) is 0 Å². The highest BCUT2D eigenvalue weighted by atomic mass is 28.4. The highest BCUT2D eigenvalue weighted by Gasteiger charge is 2.49. The van der Waals surface area contributed by atoms with Crippen molar-refractivity contribution in [2.45, 2.75) is 38.7 Å². The molecule has 134 valence electrons. The van der Waals surface area contributed by atoms with E-state index in [1.54, 1.807) is 6.08 Å². The molecular formula is C22H30O2Si. The van der Waals surface area contributed by atoms with Crippen LogP contribution in [0.15, 0.2) is 72.8 Å². The fraction of sp³-hybridized carbons (Fsp3) is 0.364. The minimum atomic E-state index is -2.49.